The Bertz CT molecular complexity index is 1140. The summed E-state index contributed by atoms with van der Waals surface area (Å²) in [6, 6.07) is 25.8. The molecule has 0 unspecified atom stereocenters. The highest BCUT2D eigenvalue weighted by Crippen LogP contribution is 2.60. The third-order valence-electron chi connectivity index (χ3n) is 6.83. The van der Waals surface area contributed by atoms with Crippen LogP contribution < -0.4 is 0 Å². The van der Waals surface area contributed by atoms with Crippen LogP contribution in [0.4, 0.5) is 0 Å². The summed E-state index contributed by atoms with van der Waals surface area (Å²) >= 11 is 0. The van der Waals surface area contributed by atoms with E-state index < -0.39 is 11.4 Å². The Morgan fingerprint density at radius 1 is 0.788 bits per heavy atom. The second kappa shape index (κ2) is 8.36. The molecule has 3 aliphatic rings. The summed E-state index contributed by atoms with van der Waals surface area (Å²) in [5, 5.41) is 0. The Balaban J connectivity index is 1.44. The van der Waals surface area contributed by atoms with Gasteiger partial charge in [-0.2, -0.15) is 0 Å². The highest BCUT2D eigenvalue weighted by Gasteiger charge is 2.51. The van der Waals surface area contributed by atoms with Crippen LogP contribution in [-0.4, -0.2) is 25.2 Å². The molecule has 166 valence electrons. The Labute approximate surface area is 193 Å². The van der Waals surface area contributed by atoms with Crippen molar-refractivity contribution in [2.24, 2.45) is 0 Å². The van der Waals surface area contributed by atoms with E-state index >= 15 is 0 Å². The van der Waals surface area contributed by atoms with Crippen LogP contribution in [-0.2, 0) is 24.5 Å². The molecule has 4 nitrogen and oxygen atoms in total. The van der Waals surface area contributed by atoms with Crippen molar-refractivity contribution in [3.63, 3.8) is 0 Å². The molecule has 0 N–H and O–H groups in total. The Morgan fingerprint density at radius 3 is 1.73 bits per heavy atom. The molecule has 0 fully saturated rings. The maximum absolute atomic E-state index is 12.7. The maximum Gasteiger partial charge on any atom is 0.333 e. The number of carbonyl (C=O) groups is 2. The quantitative estimate of drug-likeness (QED) is 0.286. The zero-order valence-electron chi connectivity index (χ0n) is 18.7. The Hall–Kier alpha value is -3.66. The van der Waals surface area contributed by atoms with Crippen LogP contribution in [0, 0.1) is 0 Å². The number of esters is 2. The minimum atomic E-state index is -0.478. The molecular weight excluding hydrogens is 412 g/mol. The molecule has 3 aromatic rings. The van der Waals surface area contributed by atoms with Gasteiger partial charge in [-0.15, -0.1) is 0 Å². The van der Waals surface area contributed by atoms with Crippen LogP contribution in [0.15, 0.2) is 84.9 Å². The van der Waals surface area contributed by atoms with Crippen molar-refractivity contribution in [1.82, 2.24) is 0 Å². The first-order valence-electron chi connectivity index (χ1n) is 11.3. The van der Waals surface area contributed by atoms with Crippen LogP contribution in [0.2, 0.25) is 0 Å². The van der Waals surface area contributed by atoms with Gasteiger partial charge in [0.15, 0.2) is 0 Å². The van der Waals surface area contributed by atoms with Gasteiger partial charge in [-0.05, 0) is 46.7 Å². The molecule has 3 aromatic carbocycles. The lowest BCUT2D eigenvalue weighted by Gasteiger charge is -2.50. The molecule has 0 aromatic heterocycles. The second-order valence-corrected chi connectivity index (χ2v) is 8.74. The van der Waals surface area contributed by atoms with Gasteiger partial charge in [-0.25, -0.2) is 4.79 Å². The van der Waals surface area contributed by atoms with E-state index in [9.17, 15) is 9.59 Å². The number of hydrogen-bond donors (Lipinski definition) is 0. The molecule has 3 aliphatic carbocycles. The molecule has 0 spiro atoms. The summed E-state index contributed by atoms with van der Waals surface area (Å²) in [7, 11) is 0. The highest BCUT2D eigenvalue weighted by atomic mass is 16.6. The van der Waals surface area contributed by atoms with E-state index in [0.717, 1.165) is 0 Å². The van der Waals surface area contributed by atoms with Gasteiger partial charge in [-0.1, -0.05) is 79.4 Å². The van der Waals surface area contributed by atoms with Crippen molar-refractivity contribution in [3.05, 3.63) is 118 Å². The largest absolute Gasteiger partial charge is 0.462 e. The fourth-order valence-corrected chi connectivity index (χ4v) is 5.53. The smallest absolute Gasteiger partial charge is 0.333 e. The molecular formula is C29H26O4. The van der Waals surface area contributed by atoms with Gasteiger partial charge in [-0.3, -0.25) is 4.79 Å². The molecule has 2 bridgehead atoms. The average molecular weight is 439 g/mol. The predicted octanol–water partition coefficient (Wildman–Crippen LogP) is 5.27. The van der Waals surface area contributed by atoms with Crippen LogP contribution in [0.25, 0.3) is 0 Å². The topological polar surface area (TPSA) is 52.6 Å². The van der Waals surface area contributed by atoms with Crippen molar-refractivity contribution in [2.45, 2.75) is 31.1 Å². The second-order valence-electron chi connectivity index (χ2n) is 8.74. The van der Waals surface area contributed by atoms with Crippen molar-refractivity contribution in [3.8, 4) is 0 Å². The Kier molecular flexibility index (Phi) is 5.37. The fourth-order valence-electron chi connectivity index (χ4n) is 5.53. The first-order chi connectivity index (χ1) is 16.0. The van der Waals surface area contributed by atoms with Crippen molar-refractivity contribution < 1.29 is 19.1 Å². The van der Waals surface area contributed by atoms with Crippen molar-refractivity contribution in [1.29, 1.82) is 0 Å². The fraction of sp³-hybridized carbons (Fsp3) is 0.241. The summed E-state index contributed by atoms with van der Waals surface area (Å²) in [4.78, 5) is 24.2. The molecule has 0 radical (unpaired) electrons. The standard InChI is InChI=1S/C29H26O4/c1-19(2)28(31)33-18-17-32-26(30)15-16-29-23-12-6-3-9-20(23)27(21-10-4-7-13-24(21)29)22-11-5-8-14-25(22)29/h3-14,27H,1,15-18H2,2H3. The monoisotopic (exact) mass is 438 g/mol. The molecule has 0 saturated carbocycles. The normalized spacial score (nSPS) is 19.1. The first kappa shape index (κ1) is 21.2. The zero-order chi connectivity index (χ0) is 23.0. The molecule has 4 heteroatoms. The van der Waals surface area contributed by atoms with E-state index in [1.165, 1.54) is 33.4 Å². The van der Waals surface area contributed by atoms with Gasteiger partial charge < -0.3 is 9.47 Å². The molecule has 0 heterocycles. The minimum Gasteiger partial charge on any atom is -0.462 e. The van der Waals surface area contributed by atoms with E-state index in [1.54, 1.807) is 6.92 Å². The van der Waals surface area contributed by atoms with Crippen molar-refractivity contribution in [2.75, 3.05) is 13.2 Å². The SMILES string of the molecule is C=C(C)C(=O)OCCOC(=O)CCC12c3ccccc3C(c3ccccc31)c1ccccc12. The van der Waals surface area contributed by atoms with Gasteiger partial charge in [0.25, 0.3) is 0 Å². The lowest BCUT2D eigenvalue weighted by atomic mass is 9.52. The van der Waals surface area contributed by atoms with Gasteiger partial charge in [0.05, 0.1) is 0 Å². The van der Waals surface area contributed by atoms with Crippen molar-refractivity contribution >= 4 is 11.9 Å². The van der Waals surface area contributed by atoms with Crippen LogP contribution in [0.3, 0.4) is 0 Å². The molecule has 0 saturated heterocycles. The van der Waals surface area contributed by atoms with E-state index in [-0.39, 0.29) is 31.5 Å². The molecule has 33 heavy (non-hydrogen) atoms. The van der Waals surface area contributed by atoms with Crippen LogP contribution >= 0.6 is 0 Å². The van der Waals surface area contributed by atoms with Gasteiger partial charge in [0.1, 0.15) is 13.2 Å². The summed E-state index contributed by atoms with van der Waals surface area (Å²) in [5.41, 5.74) is 7.69. The van der Waals surface area contributed by atoms with Crippen LogP contribution in [0.5, 0.6) is 0 Å². The predicted molar refractivity (Wildman–Crippen MR) is 126 cm³/mol. The number of rotatable bonds is 7. The van der Waals surface area contributed by atoms with E-state index in [1.807, 2.05) is 0 Å². The van der Waals surface area contributed by atoms with E-state index in [0.29, 0.717) is 12.0 Å². The Morgan fingerprint density at radius 2 is 1.24 bits per heavy atom. The average Bonchev–Trinajstić information content (AvgIpc) is 2.85. The lowest BCUT2D eigenvalue weighted by molar-refractivity contribution is -0.150. The summed E-state index contributed by atoms with van der Waals surface area (Å²) in [5.74, 6) is -0.560. The number of carbonyl (C=O) groups excluding carboxylic acids is 2. The summed E-state index contributed by atoms with van der Waals surface area (Å²) in [6.07, 6.45) is 0.866. The van der Waals surface area contributed by atoms with Crippen LogP contribution in [0.1, 0.15) is 59.1 Å². The van der Waals surface area contributed by atoms with Gasteiger partial charge in [0.2, 0.25) is 0 Å². The maximum atomic E-state index is 12.7. The van der Waals surface area contributed by atoms with E-state index in [4.69, 9.17) is 9.47 Å². The third kappa shape index (κ3) is 3.37. The molecule has 0 amide bonds. The number of ether oxygens (including phenoxy) is 2. The molecule has 6 rings (SSSR count). The summed E-state index contributed by atoms with van der Waals surface area (Å²) < 4.78 is 10.4. The lowest BCUT2D eigenvalue weighted by Crippen LogP contribution is -2.42. The zero-order valence-corrected chi connectivity index (χ0v) is 18.7. The molecule has 0 atom stereocenters. The number of benzene rings is 3. The van der Waals surface area contributed by atoms with Gasteiger partial charge >= 0.3 is 11.9 Å². The highest BCUT2D eigenvalue weighted by molar-refractivity contribution is 5.86. The summed E-state index contributed by atoms with van der Waals surface area (Å²) in [6.45, 7) is 5.19. The third-order valence-corrected chi connectivity index (χ3v) is 6.83. The number of hydrogen-bond acceptors (Lipinski definition) is 4. The van der Waals surface area contributed by atoms with E-state index in [2.05, 4.69) is 79.4 Å². The first-order valence-corrected chi connectivity index (χ1v) is 11.3. The molecule has 0 aliphatic heterocycles. The minimum absolute atomic E-state index is 0.0265. The van der Waals surface area contributed by atoms with Gasteiger partial charge in [0, 0.05) is 23.3 Å².